The van der Waals surface area contributed by atoms with Gasteiger partial charge in [-0.1, -0.05) is 12.1 Å². The first-order valence-electron chi connectivity index (χ1n) is 8.77. The zero-order valence-electron chi connectivity index (χ0n) is 15.1. The highest BCUT2D eigenvalue weighted by molar-refractivity contribution is 7.90. The van der Waals surface area contributed by atoms with Crippen LogP contribution in [0.25, 0.3) is 0 Å². The lowest BCUT2D eigenvalue weighted by molar-refractivity contribution is 0.0952. The van der Waals surface area contributed by atoms with Gasteiger partial charge in [-0.15, -0.1) is 0 Å². The molecule has 9 heteroatoms. The van der Waals surface area contributed by atoms with Crippen molar-refractivity contribution < 1.29 is 22.4 Å². The molecule has 0 saturated carbocycles. The van der Waals surface area contributed by atoms with Crippen molar-refractivity contribution in [3.63, 3.8) is 0 Å². The first-order valence-corrected chi connectivity index (χ1v) is 10.2. The van der Waals surface area contributed by atoms with Gasteiger partial charge in [-0.25, -0.2) is 16.8 Å². The average molecular weight is 413 g/mol. The van der Waals surface area contributed by atoms with Crippen LogP contribution in [0.2, 0.25) is 0 Å². The number of aromatic nitrogens is 1. The Morgan fingerprint density at radius 2 is 1.86 bits per heavy atom. The van der Waals surface area contributed by atoms with Gasteiger partial charge in [0.1, 0.15) is 16.4 Å². The smallest absolute Gasteiger partial charge is 0.273 e. The lowest BCUT2D eigenvalue weighted by Crippen LogP contribution is -2.26. The van der Waals surface area contributed by atoms with E-state index in [1.807, 2.05) is 0 Å². The fourth-order valence-corrected chi connectivity index (χ4v) is 4.58. The molecule has 2 N–H and O–H groups in total. The summed E-state index contributed by atoms with van der Waals surface area (Å²) in [7, 11) is -3.96. The van der Waals surface area contributed by atoms with E-state index < -0.39 is 21.8 Å². The summed E-state index contributed by atoms with van der Waals surface area (Å²) in [6.07, 6.45) is 1.81. The van der Waals surface area contributed by atoms with Crippen LogP contribution in [0.5, 0.6) is 0 Å². The standard InChI is InChI=1S/C20H16FN3O4S/c21-15-6-3-13(4-7-15)9-10-22-19(25)14-5-8-18-16(12-14)23-20(26)17-2-1-11-24(17)29(18,27)28/h1-8,11-12H,9-10H2,(H,22,25)(H,23,26). The molecule has 0 saturated heterocycles. The Balaban J connectivity index is 1.53. The lowest BCUT2D eigenvalue weighted by atomic mass is 10.1. The van der Waals surface area contributed by atoms with Gasteiger partial charge in [-0.3, -0.25) is 9.59 Å². The predicted octanol–water partition coefficient (Wildman–Crippen LogP) is 2.40. The summed E-state index contributed by atoms with van der Waals surface area (Å²) in [5.74, 6) is -1.32. The van der Waals surface area contributed by atoms with Gasteiger partial charge < -0.3 is 10.6 Å². The molecule has 2 aromatic carbocycles. The van der Waals surface area contributed by atoms with Gasteiger partial charge in [-0.2, -0.15) is 0 Å². The Hall–Kier alpha value is -3.46. The number of carbonyl (C=O) groups is 2. The fraction of sp³-hybridized carbons (Fsp3) is 0.100. The van der Waals surface area contributed by atoms with E-state index in [2.05, 4.69) is 10.6 Å². The molecule has 0 fully saturated rings. The molecule has 0 spiro atoms. The van der Waals surface area contributed by atoms with Crippen LogP contribution < -0.4 is 10.6 Å². The van der Waals surface area contributed by atoms with Gasteiger partial charge in [-0.05, 0) is 54.4 Å². The van der Waals surface area contributed by atoms with Crippen LogP contribution in [0.4, 0.5) is 10.1 Å². The molecule has 1 aromatic heterocycles. The third kappa shape index (κ3) is 3.52. The van der Waals surface area contributed by atoms with E-state index in [0.29, 0.717) is 13.0 Å². The van der Waals surface area contributed by atoms with E-state index in [0.717, 1.165) is 9.54 Å². The predicted molar refractivity (Wildman–Crippen MR) is 104 cm³/mol. The maximum Gasteiger partial charge on any atom is 0.273 e. The molecular weight excluding hydrogens is 397 g/mol. The molecule has 148 valence electrons. The summed E-state index contributed by atoms with van der Waals surface area (Å²) in [6.45, 7) is 0.317. The number of benzene rings is 2. The highest BCUT2D eigenvalue weighted by Crippen LogP contribution is 2.29. The molecule has 1 aliphatic rings. The molecule has 1 aliphatic heterocycles. The first kappa shape index (κ1) is 18.9. The number of fused-ring (bicyclic) bond motifs is 2. The lowest BCUT2D eigenvalue weighted by Gasteiger charge is -2.10. The van der Waals surface area contributed by atoms with Crippen molar-refractivity contribution in [2.45, 2.75) is 11.3 Å². The normalized spacial score (nSPS) is 14.3. The van der Waals surface area contributed by atoms with E-state index >= 15 is 0 Å². The maximum atomic E-state index is 12.9. The van der Waals surface area contributed by atoms with Gasteiger partial charge in [0.15, 0.2) is 0 Å². The van der Waals surface area contributed by atoms with Crippen LogP contribution in [0, 0.1) is 5.82 Å². The van der Waals surface area contributed by atoms with E-state index in [1.165, 1.54) is 48.7 Å². The van der Waals surface area contributed by atoms with Crippen LogP contribution >= 0.6 is 0 Å². The van der Waals surface area contributed by atoms with Crippen molar-refractivity contribution in [3.8, 4) is 0 Å². The minimum absolute atomic E-state index is 0.00787. The van der Waals surface area contributed by atoms with Crippen molar-refractivity contribution in [1.29, 1.82) is 0 Å². The molecule has 2 amide bonds. The Morgan fingerprint density at radius 1 is 1.10 bits per heavy atom. The van der Waals surface area contributed by atoms with E-state index in [-0.39, 0.29) is 27.7 Å². The van der Waals surface area contributed by atoms with Crippen LogP contribution in [-0.2, 0) is 16.4 Å². The monoisotopic (exact) mass is 413 g/mol. The number of rotatable bonds is 4. The molecule has 0 unspecified atom stereocenters. The summed E-state index contributed by atoms with van der Waals surface area (Å²) in [5.41, 5.74) is 1.12. The number of halogens is 1. The van der Waals surface area contributed by atoms with Gasteiger partial charge in [0.05, 0.1) is 5.69 Å². The van der Waals surface area contributed by atoms with E-state index in [9.17, 15) is 22.4 Å². The highest BCUT2D eigenvalue weighted by Gasteiger charge is 2.30. The SMILES string of the molecule is O=C(NCCc1ccc(F)cc1)c1ccc2c(c1)NC(=O)c1cccn1S2(=O)=O. The zero-order valence-corrected chi connectivity index (χ0v) is 15.9. The fourth-order valence-electron chi connectivity index (χ4n) is 3.11. The zero-order chi connectivity index (χ0) is 20.6. The molecule has 0 bridgehead atoms. The summed E-state index contributed by atoms with van der Waals surface area (Å²) in [4.78, 5) is 24.7. The minimum atomic E-state index is -3.96. The number of carbonyl (C=O) groups excluding carboxylic acids is 2. The second-order valence-corrected chi connectivity index (χ2v) is 8.28. The minimum Gasteiger partial charge on any atom is -0.352 e. The highest BCUT2D eigenvalue weighted by atomic mass is 32.2. The molecule has 7 nitrogen and oxygen atoms in total. The second kappa shape index (κ2) is 7.17. The molecular formula is C20H16FN3O4S. The Morgan fingerprint density at radius 3 is 2.62 bits per heavy atom. The van der Waals surface area contributed by atoms with E-state index in [1.54, 1.807) is 12.1 Å². The van der Waals surface area contributed by atoms with Crippen LogP contribution in [0.15, 0.2) is 65.7 Å². The van der Waals surface area contributed by atoms with Crippen molar-refractivity contribution in [2.24, 2.45) is 0 Å². The number of hydrogen-bond donors (Lipinski definition) is 2. The van der Waals surface area contributed by atoms with Crippen molar-refractivity contribution in [2.75, 3.05) is 11.9 Å². The number of nitrogens with zero attached hydrogens (tertiary/aromatic N) is 1. The van der Waals surface area contributed by atoms with Gasteiger partial charge in [0, 0.05) is 18.3 Å². The third-order valence-corrected chi connectivity index (χ3v) is 6.33. The Kier molecular flexibility index (Phi) is 4.67. The van der Waals surface area contributed by atoms with Crippen molar-refractivity contribution in [3.05, 3.63) is 83.4 Å². The molecule has 4 rings (SSSR count). The summed E-state index contributed by atoms with van der Waals surface area (Å²) in [6, 6.07) is 12.9. The Bertz CT molecular complexity index is 1220. The molecule has 0 aliphatic carbocycles. The van der Waals surface area contributed by atoms with Gasteiger partial charge >= 0.3 is 0 Å². The Labute approximate surface area is 166 Å². The second-order valence-electron chi connectivity index (χ2n) is 6.49. The summed E-state index contributed by atoms with van der Waals surface area (Å²) < 4.78 is 39.4. The molecule has 0 atom stereocenters. The summed E-state index contributed by atoms with van der Waals surface area (Å²) >= 11 is 0. The average Bonchev–Trinajstić information content (AvgIpc) is 3.18. The van der Waals surface area contributed by atoms with E-state index in [4.69, 9.17) is 0 Å². The largest absolute Gasteiger partial charge is 0.352 e. The van der Waals surface area contributed by atoms with Crippen LogP contribution in [-0.4, -0.2) is 30.7 Å². The number of nitrogens with one attached hydrogen (secondary N) is 2. The number of hydrogen-bond acceptors (Lipinski definition) is 4. The quantitative estimate of drug-likeness (QED) is 0.686. The van der Waals surface area contributed by atoms with Crippen molar-refractivity contribution >= 4 is 27.5 Å². The van der Waals surface area contributed by atoms with Gasteiger partial charge in [0.25, 0.3) is 21.8 Å². The number of amides is 2. The molecule has 0 radical (unpaired) electrons. The molecule has 2 heterocycles. The topological polar surface area (TPSA) is 97.3 Å². The van der Waals surface area contributed by atoms with Crippen LogP contribution in [0.1, 0.15) is 26.4 Å². The van der Waals surface area contributed by atoms with Crippen LogP contribution in [0.3, 0.4) is 0 Å². The third-order valence-electron chi connectivity index (χ3n) is 4.58. The maximum absolute atomic E-state index is 12.9. The molecule has 29 heavy (non-hydrogen) atoms. The van der Waals surface area contributed by atoms with Gasteiger partial charge in [0.2, 0.25) is 0 Å². The first-order chi connectivity index (χ1) is 13.9. The van der Waals surface area contributed by atoms with Crippen molar-refractivity contribution in [1.82, 2.24) is 9.29 Å². The number of anilines is 1. The summed E-state index contributed by atoms with van der Waals surface area (Å²) in [5, 5.41) is 5.28. The molecule has 3 aromatic rings.